The van der Waals surface area contributed by atoms with Gasteiger partial charge in [0.1, 0.15) is 0 Å². The van der Waals surface area contributed by atoms with Crippen LogP contribution < -0.4 is 0 Å². The van der Waals surface area contributed by atoms with E-state index in [-0.39, 0.29) is 12.2 Å². The minimum atomic E-state index is -1.38. The Morgan fingerprint density at radius 2 is 2.10 bits per heavy atom. The molecule has 0 aromatic rings. The van der Waals surface area contributed by atoms with Gasteiger partial charge < -0.3 is 9.84 Å². The lowest BCUT2D eigenvalue weighted by Crippen LogP contribution is -2.48. The first-order valence-electron chi connectivity index (χ1n) is 6.36. The first kappa shape index (κ1) is 16.2. The highest BCUT2D eigenvalue weighted by atomic mass is 16.5. The van der Waals surface area contributed by atoms with E-state index in [2.05, 4.69) is 16.6 Å². The van der Waals surface area contributed by atoms with Gasteiger partial charge in [0.2, 0.25) is 0 Å². The molecule has 0 bridgehead atoms. The van der Waals surface area contributed by atoms with Crippen molar-refractivity contribution in [3.8, 4) is 11.8 Å². The van der Waals surface area contributed by atoms with Crippen LogP contribution in [0, 0.1) is 17.3 Å². The number of ether oxygens (including phenoxy) is 1. The third-order valence-corrected chi connectivity index (χ3v) is 3.52. The zero-order chi connectivity index (χ0) is 15.6. The van der Waals surface area contributed by atoms with Crippen molar-refractivity contribution in [2.75, 3.05) is 7.11 Å². The summed E-state index contributed by atoms with van der Waals surface area (Å²) in [6, 6.07) is 0. The van der Waals surface area contributed by atoms with E-state index in [4.69, 9.17) is 0 Å². The van der Waals surface area contributed by atoms with Gasteiger partial charge in [0, 0.05) is 23.5 Å². The Hall–Kier alpha value is -1.86. The number of carbonyl (C=O) groups excluding carboxylic acids is 2. The topological polar surface area (TPSA) is 63.6 Å². The molecule has 4 heteroatoms. The Morgan fingerprint density at radius 1 is 1.50 bits per heavy atom. The Morgan fingerprint density at radius 3 is 2.60 bits per heavy atom. The van der Waals surface area contributed by atoms with E-state index in [0.717, 1.165) is 0 Å². The van der Waals surface area contributed by atoms with Crippen LogP contribution in [0.3, 0.4) is 0 Å². The molecule has 1 N–H and O–H groups in total. The molecular formula is C16H20O4. The van der Waals surface area contributed by atoms with Gasteiger partial charge in [-0.1, -0.05) is 25.7 Å². The summed E-state index contributed by atoms with van der Waals surface area (Å²) in [5.74, 6) is 5.06. The number of rotatable bonds is 1. The minimum absolute atomic E-state index is 0.0131. The fourth-order valence-corrected chi connectivity index (χ4v) is 2.22. The van der Waals surface area contributed by atoms with Crippen LogP contribution in [0.2, 0.25) is 0 Å². The second-order valence-electron chi connectivity index (χ2n) is 5.67. The molecule has 20 heavy (non-hydrogen) atoms. The average molecular weight is 276 g/mol. The quantitative estimate of drug-likeness (QED) is 0.450. The van der Waals surface area contributed by atoms with Gasteiger partial charge in [0.25, 0.3) is 0 Å². The number of ketones is 1. The SMILES string of the molecule is COC(=O)/C=C(/C)C#CC1(O)C(C)=CC(=O)CC1(C)C. The molecule has 0 aromatic carbocycles. The van der Waals surface area contributed by atoms with Crippen LogP contribution in [0.5, 0.6) is 0 Å². The number of methoxy groups -OCH3 is 1. The Labute approximate surface area is 119 Å². The van der Waals surface area contributed by atoms with E-state index in [1.807, 2.05) is 0 Å². The lowest BCUT2D eigenvalue weighted by atomic mass is 9.65. The molecule has 0 fully saturated rings. The predicted octanol–water partition coefficient (Wildman–Crippen LogP) is 1.79. The highest BCUT2D eigenvalue weighted by Gasteiger charge is 2.47. The van der Waals surface area contributed by atoms with Crippen molar-refractivity contribution in [1.82, 2.24) is 0 Å². The molecule has 1 rings (SSSR count). The van der Waals surface area contributed by atoms with Crippen molar-refractivity contribution < 1.29 is 19.4 Å². The van der Waals surface area contributed by atoms with Crippen molar-refractivity contribution in [1.29, 1.82) is 0 Å². The van der Waals surface area contributed by atoms with Crippen molar-refractivity contribution in [3.05, 3.63) is 23.3 Å². The van der Waals surface area contributed by atoms with Gasteiger partial charge in [-0.25, -0.2) is 4.79 Å². The van der Waals surface area contributed by atoms with Gasteiger partial charge in [-0.15, -0.1) is 0 Å². The second kappa shape index (κ2) is 5.64. The summed E-state index contributed by atoms with van der Waals surface area (Å²) in [6.45, 7) is 6.95. The summed E-state index contributed by atoms with van der Waals surface area (Å²) in [7, 11) is 1.29. The molecule has 0 spiro atoms. The maximum atomic E-state index is 11.6. The number of esters is 1. The summed E-state index contributed by atoms with van der Waals surface area (Å²) >= 11 is 0. The maximum absolute atomic E-state index is 11.6. The molecule has 0 saturated carbocycles. The zero-order valence-corrected chi connectivity index (χ0v) is 12.5. The average Bonchev–Trinajstić information content (AvgIpc) is 2.32. The van der Waals surface area contributed by atoms with Crippen LogP contribution in [0.15, 0.2) is 23.3 Å². The first-order valence-corrected chi connectivity index (χ1v) is 6.36. The van der Waals surface area contributed by atoms with Crippen LogP contribution in [-0.2, 0) is 14.3 Å². The molecule has 108 valence electrons. The van der Waals surface area contributed by atoms with E-state index in [1.165, 1.54) is 19.3 Å². The number of allylic oxidation sites excluding steroid dienone is 2. The second-order valence-corrected chi connectivity index (χ2v) is 5.67. The van der Waals surface area contributed by atoms with E-state index < -0.39 is 17.0 Å². The van der Waals surface area contributed by atoms with Gasteiger partial charge in [-0.3, -0.25) is 4.79 Å². The number of hydrogen-bond acceptors (Lipinski definition) is 4. The molecule has 0 saturated heterocycles. The normalized spacial score (nSPS) is 25.4. The van der Waals surface area contributed by atoms with E-state index in [0.29, 0.717) is 11.1 Å². The fraction of sp³-hybridized carbons (Fsp3) is 0.500. The van der Waals surface area contributed by atoms with Gasteiger partial charge in [0.05, 0.1) is 7.11 Å². The highest BCUT2D eigenvalue weighted by Crippen LogP contribution is 2.42. The van der Waals surface area contributed by atoms with Crippen molar-refractivity contribution in [2.45, 2.75) is 39.7 Å². The monoisotopic (exact) mass is 276 g/mol. The third kappa shape index (κ3) is 3.17. The number of aliphatic hydroxyl groups is 1. The molecular weight excluding hydrogens is 256 g/mol. The van der Waals surface area contributed by atoms with E-state index in [9.17, 15) is 14.7 Å². The summed E-state index contributed by atoms with van der Waals surface area (Å²) in [6.07, 6.45) is 2.92. The van der Waals surface area contributed by atoms with Crippen LogP contribution in [-0.4, -0.2) is 29.6 Å². The van der Waals surface area contributed by atoms with Crippen LogP contribution >= 0.6 is 0 Å². The van der Waals surface area contributed by atoms with Crippen LogP contribution in [0.1, 0.15) is 34.1 Å². The van der Waals surface area contributed by atoms with Crippen molar-refractivity contribution in [3.63, 3.8) is 0 Å². The van der Waals surface area contributed by atoms with Crippen LogP contribution in [0.25, 0.3) is 0 Å². The smallest absolute Gasteiger partial charge is 0.331 e. The van der Waals surface area contributed by atoms with Crippen molar-refractivity contribution in [2.24, 2.45) is 5.41 Å². The van der Waals surface area contributed by atoms with Gasteiger partial charge in [-0.2, -0.15) is 0 Å². The third-order valence-electron chi connectivity index (χ3n) is 3.52. The predicted molar refractivity (Wildman–Crippen MR) is 75.7 cm³/mol. The summed E-state index contributed by atoms with van der Waals surface area (Å²) < 4.78 is 4.51. The van der Waals surface area contributed by atoms with Gasteiger partial charge >= 0.3 is 5.97 Å². The van der Waals surface area contributed by atoms with Crippen molar-refractivity contribution >= 4 is 11.8 Å². The molecule has 0 amide bonds. The molecule has 0 aromatic heterocycles. The molecule has 1 atom stereocenters. The van der Waals surface area contributed by atoms with Gasteiger partial charge in [-0.05, 0) is 25.5 Å². The maximum Gasteiger partial charge on any atom is 0.331 e. The Kier molecular flexibility index (Phi) is 4.57. The fourth-order valence-electron chi connectivity index (χ4n) is 2.22. The zero-order valence-electron chi connectivity index (χ0n) is 12.5. The molecule has 0 aliphatic heterocycles. The molecule has 1 aliphatic rings. The number of carbonyl (C=O) groups is 2. The van der Waals surface area contributed by atoms with Gasteiger partial charge in [0.15, 0.2) is 11.4 Å². The molecule has 1 unspecified atom stereocenters. The Balaban J connectivity index is 3.18. The standard InChI is InChI=1S/C16H20O4/c1-11(8-14(18)20-5)6-7-16(19)12(2)9-13(17)10-15(16,3)4/h8-9,19H,10H2,1-5H3/b11-8-. The minimum Gasteiger partial charge on any atom is -0.466 e. The summed E-state index contributed by atoms with van der Waals surface area (Å²) in [5.41, 5.74) is -1.05. The molecule has 0 radical (unpaired) electrons. The molecule has 0 heterocycles. The molecule has 1 aliphatic carbocycles. The largest absolute Gasteiger partial charge is 0.466 e. The van der Waals surface area contributed by atoms with E-state index >= 15 is 0 Å². The highest BCUT2D eigenvalue weighted by molar-refractivity contribution is 5.93. The van der Waals surface area contributed by atoms with E-state index in [1.54, 1.807) is 27.7 Å². The lowest BCUT2D eigenvalue weighted by Gasteiger charge is -2.42. The first-order chi connectivity index (χ1) is 9.12. The summed E-state index contributed by atoms with van der Waals surface area (Å²) in [5, 5.41) is 10.8. The number of hydrogen-bond donors (Lipinski definition) is 1. The van der Waals surface area contributed by atoms with Crippen LogP contribution in [0.4, 0.5) is 0 Å². The molecule has 4 nitrogen and oxygen atoms in total. The Bertz CT molecular complexity index is 555. The lowest BCUT2D eigenvalue weighted by molar-refractivity contribution is -0.134. The summed E-state index contributed by atoms with van der Waals surface area (Å²) in [4.78, 5) is 22.7.